The van der Waals surface area contributed by atoms with Crippen molar-refractivity contribution in [2.24, 2.45) is 0 Å². The van der Waals surface area contributed by atoms with E-state index in [0.29, 0.717) is 5.89 Å². The number of fused-ring (bicyclic) bond motifs is 5. The molecule has 0 N–H and O–H groups in total. The molecule has 0 saturated carbocycles. The lowest BCUT2D eigenvalue weighted by atomic mass is 10.1. The lowest BCUT2D eigenvalue weighted by Gasteiger charge is -2.09. The van der Waals surface area contributed by atoms with E-state index in [9.17, 15) is 0 Å². The van der Waals surface area contributed by atoms with E-state index in [1.54, 1.807) is 11.3 Å². The maximum atomic E-state index is 6.16. The summed E-state index contributed by atoms with van der Waals surface area (Å²) >= 11 is 1.71. The third-order valence-corrected chi connectivity index (χ3v) is 8.97. The van der Waals surface area contributed by atoms with Gasteiger partial charge in [0.05, 0.1) is 26.9 Å². The van der Waals surface area contributed by atoms with E-state index in [0.717, 1.165) is 71.6 Å². The largest absolute Gasteiger partial charge is 0.436 e. The molecule has 4 heterocycles. The summed E-state index contributed by atoms with van der Waals surface area (Å²) in [5.74, 6) is 1.47. The molecule has 0 atom stereocenters. The molecule has 0 radical (unpaired) electrons. The average Bonchev–Trinajstić information content (AvgIpc) is 3.78. The molecule has 202 valence electrons. The molecule has 9 rings (SSSR count). The third-order valence-electron chi connectivity index (χ3n) is 7.88. The van der Waals surface area contributed by atoms with Crippen molar-refractivity contribution in [2.75, 3.05) is 0 Å². The lowest BCUT2D eigenvalue weighted by molar-refractivity contribution is 0.620. The first-order valence-corrected chi connectivity index (χ1v) is 14.9. The van der Waals surface area contributed by atoms with Crippen LogP contribution in [0.1, 0.15) is 0 Å². The van der Waals surface area contributed by atoms with Crippen LogP contribution in [0.4, 0.5) is 0 Å². The quantitative estimate of drug-likeness (QED) is 0.211. The molecule has 0 amide bonds. The van der Waals surface area contributed by atoms with Gasteiger partial charge in [0.2, 0.25) is 5.89 Å². The number of nitrogens with zero attached hydrogens (tertiary/aromatic N) is 4. The minimum atomic E-state index is 0.607. The molecule has 4 aromatic heterocycles. The summed E-state index contributed by atoms with van der Waals surface area (Å²) in [7, 11) is 0. The fourth-order valence-electron chi connectivity index (χ4n) is 5.85. The van der Waals surface area contributed by atoms with Crippen LogP contribution in [0.5, 0.6) is 0 Å². The van der Waals surface area contributed by atoms with Crippen molar-refractivity contribution in [1.29, 1.82) is 0 Å². The Morgan fingerprint density at radius 2 is 1.26 bits per heavy atom. The predicted octanol–water partition coefficient (Wildman–Crippen LogP) is 9.93. The van der Waals surface area contributed by atoms with E-state index in [1.807, 2.05) is 48.5 Å². The van der Waals surface area contributed by atoms with Crippen molar-refractivity contribution in [1.82, 2.24) is 19.5 Å². The topological polar surface area (TPSA) is 56.7 Å². The minimum Gasteiger partial charge on any atom is -0.436 e. The molecule has 6 heteroatoms. The van der Waals surface area contributed by atoms with Gasteiger partial charge >= 0.3 is 0 Å². The Balaban J connectivity index is 1.29. The Morgan fingerprint density at radius 3 is 2.07 bits per heavy atom. The number of hydrogen-bond donors (Lipinski definition) is 0. The molecular weight excluding hydrogens is 549 g/mol. The van der Waals surface area contributed by atoms with Crippen LogP contribution in [0.2, 0.25) is 0 Å². The Bertz CT molecular complexity index is 2270. The van der Waals surface area contributed by atoms with Gasteiger partial charge in [0, 0.05) is 27.5 Å². The zero-order valence-corrected chi connectivity index (χ0v) is 23.6. The van der Waals surface area contributed by atoms with Crippen molar-refractivity contribution in [3.8, 4) is 39.1 Å². The highest BCUT2D eigenvalue weighted by Crippen LogP contribution is 2.39. The summed E-state index contributed by atoms with van der Waals surface area (Å²) in [4.78, 5) is 14.8. The number of para-hydroxylation sites is 3. The molecule has 0 spiro atoms. The van der Waals surface area contributed by atoms with Gasteiger partial charge < -0.3 is 4.42 Å². The Hall–Kier alpha value is -5.59. The monoisotopic (exact) mass is 570 g/mol. The smallest absolute Gasteiger partial charge is 0.227 e. The molecule has 0 bridgehead atoms. The SMILES string of the molecule is c1ccc(-c2cccc(-n3c4ccc(-c5nc6ccccc6o5)cc4c4cc(-c5nc6ccccc6s5)ccc43)n2)cc1. The van der Waals surface area contributed by atoms with Crippen LogP contribution in [-0.2, 0) is 0 Å². The van der Waals surface area contributed by atoms with E-state index in [2.05, 4.69) is 89.5 Å². The second kappa shape index (κ2) is 9.48. The second-order valence-electron chi connectivity index (χ2n) is 10.5. The van der Waals surface area contributed by atoms with Gasteiger partial charge in [0.1, 0.15) is 16.3 Å². The number of hydrogen-bond acceptors (Lipinski definition) is 5. The third kappa shape index (κ3) is 3.95. The van der Waals surface area contributed by atoms with Gasteiger partial charge in [-0.15, -0.1) is 11.3 Å². The number of pyridine rings is 1. The van der Waals surface area contributed by atoms with Crippen molar-refractivity contribution < 1.29 is 4.42 Å². The molecule has 43 heavy (non-hydrogen) atoms. The van der Waals surface area contributed by atoms with Gasteiger partial charge in [-0.2, -0.15) is 0 Å². The highest BCUT2D eigenvalue weighted by molar-refractivity contribution is 7.21. The van der Waals surface area contributed by atoms with Crippen molar-refractivity contribution in [3.63, 3.8) is 0 Å². The van der Waals surface area contributed by atoms with Crippen LogP contribution < -0.4 is 0 Å². The summed E-state index contributed by atoms with van der Waals surface area (Å²) in [6.45, 7) is 0. The molecular formula is C37H22N4OS. The molecule has 9 aromatic rings. The standard InChI is InChI=1S/C37H22N4OS/c1-2-9-23(10-3-1)28-13-8-16-35(38-28)41-31-19-17-24(36-39-29-11-4-6-14-33(29)42-36)21-26(31)27-22-25(18-20-32(27)41)37-40-30-12-5-7-15-34(30)43-37/h1-22H. The maximum absolute atomic E-state index is 6.16. The molecule has 5 aromatic carbocycles. The van der Waals surface area contributed by atoms with Crippen molar-refractivity contribution in [3.05, 3.63) is 133 Å². The Kier molecular flexibility index (Phi) is 5.30. The first-order valence-electron chi connectivity index (χ1n) is 14.1. The summed E-state index contributed by atoms with van der Waals surface area (Å²) in [5, 5.41) is 3.23. The number of benzene rings is 5. The summed E-state index contributed by atoms with van der Waals surface area (Å²) in [6, 6.07) is 45.7. The van der Waals surface area contributed by atoms with E-state index < -0.39 is 0 Å². The fourth-order valence-corrected chi connectivity index (χ4v) is 6.81. The van der Waals surface area contributed by atoms with Crippen molar-refractivity contribution >= 4 is 54.5 Å². The average molecular weight is 571 g/mol. The molecule has 0 unspecified atom stereocenters. The second-order valence-corrected chi connectivity index (χ2v) is 11.6. The lowest BCUT2D eigenvalue weighted by Crippen LogP contribution is -1.98. The van der Waals surface area contributed by atoms with Crippen LogP contribution in [-0.4, -0.2) is 19.5 Å². The minimum absolute atomic E-state index is 0.607. The van der Waals surface area contributed by atoms with Gasteiger partial charge in [-0.25, -0.2) is 15.0 Å². The number of thiazole rings is 1. The molecule has 5 nitrogen and oxygen atoms in total. The van der Waals surface area contributed by atoms with E-state index in [-0.39, 0.29) is 0 Å². The van der Waals surface area contributed by atoms with E-state index in [1.165, 1.54) is 4.70 Å². The summed E-state index contributed by atoms with van der Waals surface area (Å²) in [5.41, 5.74) is 8.82. The van der Waals surface area contributed by atoms with Crippen LogP contribution in [0.3, 0.4) is 0 Å². The van der Waals surface area contributed by atoms with Crippen LogP contribution in [0.25, 0.3) is 82.2 Å². The fraction of sp³-hybridized carbons (Fsp3) is 0. The van der Waals surface area contributed by atoms with Gasteiger partial charge in [0.15, 0.2) is 5.58 Å². The zero-order chi connectivity index (χ0) is 28.3. The highest BCUT2D eigenvalue weighted by atomic mass is 32.1. The molecule has 0 aliphatic rings. The van der Waals surface area contributed by atoms with Crippen molar-refractivity contribution in [2.45, 2.75) is 0 Å². The first-order chi connectivity index (χ1) is 21.3. The maximum Gasteiger partial charge on any atom is 0.227 e. The van der Waals surface area contributed by atoms with Gasteiger partial charge in [-0.1, -0.05) is 60.7 Å². The van der Waals surface area contributed by atoms with Gasteiger partial charge in [-0.3, -0.25) is 4.57 Å². The summed E-state index contributed by atoms with van der Waals surface area (Å²) in [6.07, 6.45) is 0. The van der Waals surface area contributed by atoms with Gasteiger partial charge in [-0.05, 0) is 72.8 Å². The predicted molar refractivity (Wildman–Crippen MR) is 176 cm³/mol. The Morgan fingerprint density at radius 1 is 0.535 bits per heavy atom. The first kappa shape index (κ1) is 24.1. The van der Waals surface area contributed by atoms with E-state index in [4.69, 9.17) is 19.4 Å². The highest BCUT2D eigenvalue weighted by Gasteiger charge is 2.18. The normalized spacial score (nSPS) is 11.7. The van der Waals surface area contributed by atoms with Crippen LogP contribution >= 0.6 is 11.3 Å². The zero-order valence-electron chi connectivity index (χ0n) is 22.8. The van der Waals surface area contributed by atoms with E-state index >= 15 is 0 Å². The molecule has 0 aliphatic carbocycles. The number of rotatable bonds is 4. The van der Waals surface area contributed by atoms with Crippen LogP contribution in [0, 0.1) is 0 Å². The van der Waals surface area contributed by atoms with Gasteiger partial charge in [0.25, 0.3) is 0 Å². The summed E-state index contributed by atoms with van der Waals surface area (Å²) < 4.78 is 9.59. The van der Waals surface area contributed by atoms with Crippen LogP contribution in [0.15, 0.2) is 138 Å². The molecule has 0 aliphatic heterocycles. The number of aromatic nitrogens is 4. The molecule has 0 saturated heterocycles. The number of oxazole rings is 1. The molecule has 0 fully saturated rings. The Labute approximate surface area is 250 Å².